The molecule has 1 saturated heterocycles. The van der Waals surface area contributed by atoms with Gasteiger partial charge in [-0.15, -0.1) is 0 Å². The van der Waals surface area contributed by atoms with E-state index in [2.05, 4.69) is 10.4 Å². The van der Waals surface area contributed by atoms with Crippen LogP contribution in [-0.2, 0) is 22.7 Å². The lowest BCUT2D eigenvalue weighted by molar-refractivity contribution is -0.141. The Bertz CT molecular complexity index is 952. The number of hydrogen-bond donors (Lipinski definition) is 3. The predicted octanol–water partition coefficient (Wildman–Crippen LogP) is 0.678. The molecule has 0 bridgehead atoms. The minimum atomic E-state index is -4.49. The molecule has 2 atom stereocenters. The fourth-order valence-electron chi connectivity index (χ4n) is 3.24. The molecule has 0 aliphatic carbocycles. The number of nitrogens with one attached hydrogen (secondary N) is 1. The highest BCUT2D eigenvalue weighted by Crippen LogP contribution is 2.28. The molecule has 166 valence electrons. The molecule has 30 heavy (non-hydrogen) atoms. The molecule has 12 heteroatoms. The van der Waals surface area contributed by atoms with Crippen molar-refractivity contribution in [3.8, 4) is 0 Å². The monoisotopic (exact) mass is 448 g/mol. The average Bonchev–Trinajstić information content (AvgIpc) is 3.28. The number of aromatic nitrogens is 2. The van der Waals surface area contributed by atoms with Gasteiger partial charge in [0.25, 0.3) is 0 Å². The van der Waals surface area contributed by atoms with Crippen molar-refractivity contribution in [3.05, 3.63) is 48.3 Å². The Morgan fingerprint density at radius 3 is 2.57 bits per heavy atom. The molecule has 2 heterocycles. The molecule has 0 radical (unpaired) electrons. The number of aliphatic hydroxyl groups is 2. The Morgan fingerprint density at radius 1 is 1.23 bits per heavy atom. The zero-order chi connectivity index (χ0) is 22.0. The number of nitrogens with zero attached hydrogens (tertiary/aromatic N) is 3. The summed E-state index contributed by atoms with van der Waals surface area (Å²) in [6, 6.07) is 8.64. The number of aryl methyl sites for hydroxylation is 1. The van der Waals surface area contributed by atoms with Crippen molar-refractivity contribution in [2.24, 2.45) is 0 Å². The molecule has 1 fully saturated rings. The number of hydrogen-bond acceptors (Lipinski definition) is 6. The number of rotatable bonds is 8. The Morgan fingerprint density at radius 2 is 1.93 bits per heavy atom. The Labute approximate surface area is 172 Å². The second-order valence-corrected chi connectivity index (χ2v) is 9.16. The van der Waals surface area contributed by atoms with Crippen LogP contribution in [0, 0.1) is 0 Å². The number of alkyl halides is 3. The molecule has 1 aromatic heterocycles. The largest absolute Gasteiger partial charge is 0.435 e. The summed E-state index contributed by atoms with van der Waals surface area (Å²) in [5, 5.41) is 27.3. The van der Waals surface area contributed by atoms with E-state index in [1.165, 1.54) is 23.0 Å². The Kier molecular flexibility index (Phi) is 6.53. The van der Waals surface area contributed by atoms with Gasteiger partial charge in [-0.05, 0) is 31.2 Å². The van der Waals surface area contributed by atoms with Crippen LogP contribution in [0.3, 0.4) is 0 Å². The number of aliphatic hydroxyl groups excluding tert-OH is 1. The van der Waals surface area contributed by atoms with Crippen LogP contribution in [0.4, 0.5) is 13.2 Å². The summed E-state index contributed by atoms with van der Waals surface area (Å²) in [5.74, 6) is 0. The lowest BCUT2D eigenvalue weighted by Crippen LogP contribution is -2.50. The zero-order valence-corrected chi connectivity index (χ0v) is 16.8. The van der Waals surface area contributed by atoms with Gasteiger partial charge < -0.3 is 15.5 Å². The highest BCUT2D eigenvalue weighted by atomic mass is 32.2. The first kappa shape index (κ1) is 22.7. The molecule has 0 amide bonds. The number of benzene rings is 1. The second kappa shape index (κ2) is 8.63. The van der Waals surface area contributed by atoms with E-state index < -0.39 is 33.6 Å². The van der Waals surface area contributed by atoms with Crippen LogP contribution in [0.1, 0.15) is 12.1 Å². The molecular formula is C18H23F3N4O4S. The summed E-state index contributed by atoms with van der Waals surface area (Å²) in [7, 11) is -3.84. The fraction of sp³-hybridized carbons (Fsp3) is 0.500. The molecule has 0 spiro atoms. The quantitative estimate of drug-likeness (QED) is 0.513. The molecule has 8 nitrogen and oxygen atoms in total. The van der Waals surface area contributed by atoms with Gasteiger partial charge in [0.2, 0.25) is 10.0 Å². The van der Waals surface area contributed by atoms with E-state index in [1.807, 2.05) is 0 Å². The van der Waals surface area contributed by atoms with Crippen LogP contribution < -0.4 is 5.32 Å². The topological polar surface area (TPSA) is 108 Å². The summed E-state index contributed by atoms with van der Waals surface area (Å²) in [6.07, 6.45) is -4.10. The minimum absolute atomic E-state index is 0.0676. The summed E-state index contributed by atoms with van der Waals surface area (Å²) >= 11 is 0. The highest BCUT2D eigenvalue weighted by Gasteiger charge is 2.48. The molecule has 3 rings (SSSR count). The summed E-state index contributed by atoms with van der Waals surface area (Å²) < 4.78 is 65.2. The number of halogens is 3. The molecular weight excluding hydrogens is 425 g/mol. The van der Waals surface area contributed by atoms with Crippen molar-refractivity contribution >= 4 is 10.0 Å². The Balaban J connectivity index is 1.49. The first-order valence-corrected chi connectivity index (χ1v) is 10.7. The van der Waals surface area contributed by atoms with Crippen molar-refractivity contribution in [1.82, 2.24) is 19.4 Å². The van der Waals surface area contributed by atoms with Gasteiger partial charge in [-0.25, -0.2) is 8.42 Å². The van der Waals surface area contributed by atoms with E-state index >= 15 is 0 Å². The van der Waals surface area contributed by atoms with Gasteiger partial charge in [0.15, 0.2) is 5.69 Å². The third-order valence-electron chi connectivity index (χ3n) is 4.93. The minimum Gasteiger partial charge on any atom is -0.389 e. The normalized spacial score (nSPS) is 23.2. The lowest BCUT2D eigenvalue weighted by atomic mass is 10.0. The van der Waals surface area contributed by atoms with Crippen LogP contribution in [0.5, 0.6) is 0 Å². The van der Waals surface area contributed by atoms with E-state index in [9.17, 15) is 31.8 Å². The summed E-state index contributed by atoms with van der Waals surface area (Å²) in [6.45, 7) is -0.00244. The van der Waals surface area contributed by atoms with Crippen molar-refractivity contribution in [2.75, 3.05) is 26.2 Å². The summed E-state index contributed by atoms with van der Waals surface area (Å²) in [5.41, 5.74) is -2.63. The number of β-amino-alcohol motifs (C(OH)–C–C–N with tert-alkyl or cyclic N) is 2. The third-order valence-corrected chi connectivity index (χ3v) is 6.76. The van der Waals surface area contributed by atoms with Gasteiger partial charge in [-0.3, -0.25) is 4.68 Å². The van der Waals surface area contributed by atoms with Gasteiger partial charge in [0.05, 0.1) is 11.0 Å². The Hall–Kier alpha value is -1.99. The van der Waals surface area contributed by atoms with Crippen molar-refractivity contribution in [2.45, 2.75) is 35.7 Å². The van der Waals surface area contributed by atoms with E-state index in [1.54, 1.807) is 18.2 Å². The highest BCUT2D eigenvalue weighted by molar-refractivity contribution is 7.89. The van der Waals surface area contributed by atoms with Crippen LogP contribution in [0.25, 0.3) is 0 Å². The maximum absolute atomic E-state index is 12.7. The third kappa shape index (κ3) is 5.01. The smallest absolute Gasteiger partial charge is 0.389 e. The van der Waals surface area contributed by atoms with E-state index in [-0.39, 0.29) is 31.1 Å². The molecule has 1 aliphatic heterocycles. The van der Waals surface area contributed by atoms with E-state index in [0.717, 1.165) is 10.4 Å². The number of sulfonamides is 1. The first-order chi connectivity index (χ1) is 14.0. The van der Waals surface area contributed by atoms with Crippen LogP contribution in [0.2, 0.25) is 0 Å². The van der Waals surface area contributed by atoms with E-state index in [0.29, 0.717) is 13.0 Å². The van der Waals surface area contributed by atoms with Crippen molar-refractivity contribution in [3.63, 3.8) is 0 Å². The van der Waals surface area contributed by atoms with Crippen molar-refractivity contribution < 1.29 is 31.8 Å². The molecule has 0 saturated carbocycles. The molecule has 3 N–H and O–H groups in total. The van der Waals surface area contributed by atoms with Gasteiger partial charge in [-0.1, -0.05) is 18.2 Å². The van der Waals surface area contributed by atoms with Gasteiger partial charge in [-0.2, -0.15) is 22.6 Å². The fourth-order valence-corrected chi connectivity index (χ4v) is 4.77. The summed E-state index contributed by atoms with van der Waals surface area (Å²) in [4.78, 5) is 0.0758. The SMILES string of the molecule is O=S(=O)(c1ccccc1)N1C[C@@H](O)[C@](O)(CNCCCn2ccc(C(F)(F)F)n2)C1. The molecule has 1 aromatic carbocycles. The molecule has 1 aliphatic rings. The average molecular weight is 448 g/mol. The lowest BCUT2D eigenvalue weighted by Gasteiger charge is -2.26. The van der Waals surface area contributed by atoms with Crippen LogP contribution >= 0.6 is 0 Å². The van der Waals surface area contributed by atoms with Gasteiger partial charge >= 0.3 is 6.18 Å². The molecule has 0 unspecified atom stereocenters. The maximum Gasteiger partial charge on any atom is 0.435 e. The van der Waals surface area contributed by atoms with Gasteiger partial charge in [0, 0.05) is 32.4 Å². The second-order valence-electron chi connectivity index (χ2n) is 7.22. The van der Waals surface area contributed by atoms with Crippen molar-refractivity contribution in [1.29, 1.82) is 0 Å². The predicted molar refractivity (Wildman–Crippen MR) is 101 cm³/mol. The zero-order valence-electron chi connectivity index (χ0n) is 16.0. The van der Waals surface area contributed by atoms with E-state index in [4.69, 9.17) is 0 Å². The standard InChI is InChI=1S/C18H23F3N4O4S/c19-18(20,21)15-7-10-24(23-15)9-4-8-22-12-17(27)13-25(11-16(17)26)30(28,29)14-5-2-1-3-6-14/h1-3,5-7,10,16,22,26-27H,4,8-9,11-13H2/t16-,17+/m1/s1. The molecule has 2 aromatic rings. The van der Waals surface area contributed by atoms with Gasteiger partial charge in [0.1, 0.15) is 5.60 Å². The van der Waals surface area contributed by atoms with Crippen LogP contribution in [-0.4, -0.2) is 70.6 Å². The van der Waals surface area contributed by atoms with Crippen LogP contribution in [0.15, 0.2) is 47.5 Å². The first-order valence-electron chi connectivity index (χ1n) is 9.29. The maximum atomic E-state index is 12.7.